The van der Waals surface area contributed by atoms with Gasteiger partial charge in [0.05, 0.1) is 19.8 Å². The van der Waals surface area contributed by atoms with Crippen molar-refractivity contribution in [3.63, 3.8) is 0 Å². The molecule has 6 atom stereocenters. The lowest BCUT2D eigenvalue weighted by molar-refractivity contribution is -0.231. The van der Waals surface area contributed by atoms with Gasteiger partial charge in [-0.2, -0.15) is 0 Å². The summed E-state index contributed by atoms with van der Waals surface area (Å²) in [5, 5.41) is 40.5. The minimum atomic E-state index is -1.42. The highest BCUT2D eigenvalue weighted by Gasteiger charge is 2.44. The van der Waals surface area contributed by atoms with Gasteiger partial charge in [-0.1, -0.05) is 35.9 Å². The van der Waals surface area contributed by atoms with Crippen LogP contribution in [0.5, 0.6) is 5.75 Å². The summed E-state index contributed by atoms with van der Waals surface area (Å²) in [7, 11) is 0. The highest BCUT2D eigenvalue weighted by atomic mass is 35.5. The van der Waals surface area contributed by atoms with Crippen LogP contribution in [-0.4, -0.2) is 70.8 Å². The fraction of sp³-hybridized carbons (Fsp3) is 0.478. The third kappa shape index (κ3) is 5.04. The van der Waals surface area contributed by atoms with Crippen LogP contribution >= 0.6 is 11.6 Å². The Kier molecular flexibility index (Phi) is 7.13. The number of halogens is 1. The van der Waals surface area contributed by atoms with E-state index in [2.05, 4.69) is 0 Å². The Morgan fingerprint density at radius 3 is 2.45 bits per heavy atom. The highest BCUT2D eigenvalue weighted by Crippen LogP contribution is 2.34. The number of ether oxygens (including phenoxy) is 3. The lowest BCUT2D eigenvalue weighted by Gasteiger charge is -2.40. The second-order valence-electron chi connectivity index (χ2n) is 8.02. The molecular weight excluding hydrogens is 424 g/mol. The van der Waals surface area contributed by atoms with Gasteiger partial charge in [0.15, 0.2) is 0 Å². The Morgan fingerprint density at radius 1 is 1.00 bits per heavy atom. The van der Waals surface area contributed by atoms with Crippen molar-refractivity contribution in [3.8, 4) is 5.75 Å². The smallest absolute Gasteiger partial charge is 0.124 e. The Hall–Kier alpha value is -1.71. The summed E-state index contributed by atoms with van der Waals surface area (Å²) in [6, 6.07) is 13.0. The first kappa shape index (κ1) is 22.5. The molecule has 2 aliphatic heterocycles. The maximum Gasteiger partial charge on any atom is 0.124 e. The average Bonchev–Trinajstić information content (AvgIpc) is 3.28. The summed E-state index contributed by atoms with van der Waals surface area (Å²) >= 11 is 6.40. The van der Waals surface area contributed by atoms with Crippen LogP contribution in [0.1, 0.15) is 29.2 Å². The third-order valence-electron chi connectivity index (χ3n) is 5.80. The Bertz CT molecular complexity index is 867. The summed E-state index contributed by atoms with van der Waals surface area (Å²) in [6.07, 6.45) is -4.46. The SMILES string of the molecule is OC[C@H]1O[C@@H](c2ccc(Cl)c(Cc3ccc(O[C@H]4CCOC4)cc3)c2)[C@@H](O)[C@@H](O)[C@@H]1O. The minimum absolute atomic E-state index is 0.0931. The fourth-order valence-electron chi connectivity index (χ4n) is 3.99. The van der Waals surface area contributed by atoms with E-state index in [1.165, 1.54) is 0 Å². The largest absolute Gasteiger partial charge is 0.488 e. The monoisotopic (exact) mass is 450 g/mol. The van der Waals surface area contributed by atoms with Crippen molar-refractivity contribution in [1.82, 2.24) is 0 Å². The molecule has 0 aromatic heterocycles. The van der Waals surface area contributed by atoms with Gasteiger partial charge in [0.2, 0.25) is 0 Å². The van der Waals surface area contributed by atoms with E-state index in [9.17, 15) is 20.4 Å². The number of hydrogen-bond acceptors (Lipinski definition) is 7. The van der Waals surface area contributed by atoms with Crippen molar-refractivity contribution in [1.29, 1.82) is 0 Å². The minimum Gasteiger partial charge on any atom is -0.488 e. The van der Waals surface area contributed by atoms with Crippen molar-refractivity contribution in [2.45, 2.75) is 49.5 Å². The van der Waals surface area contributed by atoms with Gasteiger partial charge >= 0.3 is 0 Å². The standard InChI is InChI=1S/C23H27ClO7/c24-18-6-3-14(23-22(28)21(27)20(26)19(11-25)31-23)10-15(18)9-13-1-4-16(5-2-13)30-17-7-8-29-12-17/h1-6,10,17,19-23,25-28H,7-9,11-12H2/t17-,19+,20+,21-,22-,23-/m0/s1. The zero-order valence-corrected chi connectivity index (χ0v) is 17.7. The number of aliphatic hydroxyl groups excluding tert-OH is 4. The first-order valence-electron chi connectivity index (χ1n) is 10.4. The molecule has 31 heavy (non-hydrogen) atoms. The summed E-state index contributed by atoms with van der Waals surface area (Å²) < 4.78 is 16.9. The van der Waals surface area contributed by atoms with Gasteiger partial charge in [-0.15, -0.1) is 0 Å². The first-order valence-corrected chi connectivity index (χ1v) is 10.8. The number of benzene rings is 2. The second kappa shape index (κ2) is 9.83. The van der Waals surface area contributed by atoms with Crippen LogP contribution in [0.15, 0.2) is 42.5 Å². The van der Waals surface area contributed by atoms with Gasteiger partial charge in [-0.3, -0.25) is 0 Å². The molecule has 0 spiro atoms. The molecule has 2 fully saturated rings. The van der Waals surface area contributed by atoms with Gasteiger partial charge in [-0.05, 0) is 41.3 Å². The van der Waals surface area contributed by atoms with Crippen LogP contribution in [0.3, 0.4) is 0 Å². The quantitative estimate of drug-likeness (QED) is 0.529. The molecule has 0 bridgehead atoms. The molecule has 2 aromatic rings. The van der Waals surface area contributed by atoms with Crippen LogP contribution in [0, 0.1) is 0 Å². The third-order valence-corrected chi connectivity index (χ3v) is 6.17. The zero-order chi connectivity index (χ0) is 22.0. The van der Waals surface area contributed by atoms with Crippen LogP contribution in [0.2, 0.25) is 5.02 Å². The van der Waals surface area contributed by atoms with E-state index < -0.39 is 37.1 Å². The van der Waals surface area contributed by atoms with E-state index in [1.807, 2.05) is 30.3 Å². The topological polar surface area (TPSA) is 109 Å². The lowest BCUT2D eigenvalue weighted by atomic mass is 9.90. The van der Waals surface area contributed by atoms with Crippen molar-refractivity contribution < 1.29 is 34.6 Å². The highest BCUT2D eigenvalue weighted by molar-refractivity contribution is 6.31. The number of rotatable bonds is 6. The molecule has 0 radical (unpaired) electrons. The Labute approximate surface area is 185 Å². The summed E-state index contributed by atoms with van der Waals surface area (Å²) in [5.74, 6) is 0.792. The predicted molar refractivity (Wildman–Crippen MR) is 113 cm³/mol. The molecule has 7 nitrogen and oxygen atoms in total. The molecule has 168 valence electrons. The number of aliphatic hydroxyl groups is 4. The summed E-state index contributed by atoms with van der Waals surface area (Å²) in [6.45, 7) is 0.872. The normalized spacial score (nSPS) is 31.0. The summed E-state index contributed by atoms with van der Waals surface area (Å²) in [4.78, 5) is 0. The molecule has 0 saturated carbocycles. The van der Waals surface area contributed by atoms with Gasteiger partial charge in [0.25, 0.3) is 0 Å². The molecule has 2 aromatic carbocycles. The van der Waals surface area contributed by atoms with E-state index in [4.69, 9.17) is 25.8 Å². The lowest BCUT2D eigenvalue weighted by Crippen LogP contribution is -2.55. The Balaban J connectivity index is 1.49. The summed E-state index contributed by atoms with van der Waals surface area (Å²) in [5.41, 5.74) is 2.47. The molecule has 8 heteroatoms. The van der Waals surface area contributed by atoms with E-state index in [0.29, 0.717) is 23.6 Å². The molecule has 0 aliphatic carbocycles. The van der Waals surface area contributed by atoms with Gasteiger partial charge in [0, 0.05) is 11.4 Å². The molecule has 4 N–H and O–H groups in total. The zero-order valence-electron chi connectivity index (χ0n) is 16.9. The van der Waals surface area contributed by atoms with Gasteiger partial charge in [0.1, 0.15) is 42.4 Å². The van der Waals surface area contributed by atoms with Crippen molar-refractivity contribution >= 4 is 11.6 Å². The van der Waals surface area contributed by atoms with Gasteiger partial charge in [-0.25, -0.2) is 0 Å². The molecular formula is C23H27ClO7. The Morgan fingerprint density at radius 2 is 1.77 bits per heavy atom. The van der Waals surface area contributed by atoms with Gasteiger partial charge < -0.3 is 34.6 Å². The van der Waals surface area contributed by atoms with E-state index >= 15 is 0 Å². The van der Waals surface area contributed by atoms with Crippen molar-refractivity contribution in [3.05, 3.63) is 64.2 Å². The maximum atomic E-state index is 10.4. The van der Waals surface area contributed by atoms with Crippen LogP contribution in [-0.2, 0) is 15.9 Å². The first-order chi connectivity index (χ1) is 15.0. The fourth-order valence-corrected chi connectivity index (χ4v) is 4.17. The van der Waals surface area contributed by atoms with E-state index in [1.54, 1.807) is 12.1 Å². The van der Waals surface area contributed by atoms with E-state index in [-0.39, 0.29) is 6.10 Å². The van der Waals surface area contributed by atoms with E-state index in [0.717, 1.165) is 29.9 Å². The van der Waals surface area contributed by atoms with Crippen LogP contribution in [0.25, 0.3) is 0 Å². The van der Waals surface area contributed by atoms with Crippen molar-refractivity contribution in [2.24, 2.45) is 0 Å². The van der Waals surface area contributed by atoms with Crippen LogP contribution in [0.4, 0.5) is 0 Å². The number of hydrogen-bond donors (Lipinski definition) is 4. The second-order valence-corrected chi connectivity index (χ2v) is 8.43. The van der Waals surface area contributed by atoms with Crippen molar-refractivity contribution in [2.75, 3.05) is 19.8 Å². The molecule has 0 amide bonds. The molecule has 0 unspecified atom stereocenters. The molecule has 2 aliphatic rings. The van der Waals surface area contributed by atoms with Crippen LogP contribution < -0.4 is 4.74 Å². The predicted octanol–water partition coefficient (Wildman–Crippen LogP) is 1.61. The average molecular weight is 451 g/mol. The molecule has 2 saturated heterocycles. The molecule has 2 heterocycles. The molecule has 4 rings (SSSR count). The maximum absolute atomic E-state index is 10.4.